The van der Waals surface area contributed by atoms with Gasteiger partial charge in [0.05, 0.1) is 6.04 Å². The van der Waals surface area contributed by atoms with E-state index >= 15 is 0 Å². The van der Waals surface area contributed by atoms with Crippen molar-refractivity contribution in [2.24, 2.45) is 0 Å². The molecule has 1 aromatic heterocycles. The predicted octanol–water partition coefficient (Wildman–Crippen LogP) is 0.967. The summed E-state index contributed by atoms with van der Waals surface area (Å²) in [5, 5.41) is 5.56. The lowest BCUT2D eigenvalue weighted by molar-refractivity contribution is -0.125. The topological polar surface area (TPSA) is 51.2 Å². The van der Waals surface area contributed by atoms with Gasteiger partial charge in [-0.05, 0) is 6.92 Å². The Morgan fingerprint density at radius 3 is 3.15 bits per heavy atom. The third-order valence-electron chi connectivity index (χ3n) is 1.47. The number of aromatic nitrogens is 1. The molecule has 0 spiro atoms. The van der Waals surface area contributed by atoms with Crippen LogP contribution in [0.15, 0.2) is 11.6 Å². The lowest BCUT2D eigenvalue weighted by Crippen LogP contribution is -2.29. The number of carbonyl (C=O) groups is 1. The van der Waals surface area contributed by atoms with E-state index in [0.717, 1.165) is 5.01 Å². The SMILES string of the molecule is COCC(=O)NC(C)c1nccs1. The van der Waals surface area contributed by atoms with Gasteiger partial charge in [0.25, 0.3) is 0 Å². The Kier molecular flexibility index (Phi) is 3.85. The first-order chi connectivity index (χ1) is 6.24. The second-order valence-electron chi connectivity index (χ2n) is 2.59. The Balaban J connectivity index is 2.42. The number of nitrogens with one attached hydrogen (secondary N) is 1. The van der Waals surface area contributed by atoms with E-state index in [-0.39, 0.29) is 18.6 Å². The van der Waals surface area contributed by atoms with Crippen molar-refractivity contribution >= 4 is 17.2 Å². The number of amides is 1. The van der Waals surface area contributed by atoms with Gasteiger partial charge in [0.2, 0.25) is 5.91 Å². The van der Waals surface area contributed by atoms with Gasteiger partial charge in [-0.2, -0.15) is 0 Å². The molecule has 1 aromatic rings. The zero-order chi connectivity index (χ0) is 9.68. The minimum absolute atomic E-state index is 0.0392. The molecule has 0 aromatic carbocycles. The molecule has 1 N–H and O–H groups in total. The van der Waals surface area contributed by atoms with Crippen molar-refractivity contribution in [3.8, 4) is 0 Å². The molecule has 1 atom stereocenters. The van der Waals surface area contributed by atoms with Crippen LogP contribution in [0.5, 0.6) is 0 Å². The van der Waals surface area contributed by atoms with E-state index in [1.165, 1.54) is 18.4 Å². The van der Waals surface area contributed by atoms with Gasteiger partial charge >= 0.3 is 0 Å². The molecule has 0 aliphatic rings. The number of ether oxygens (including phenoxy) is 1. The summed E-state index contributed by atoms with van der Waals surface area (Å²) in [6.45, 7) is 1.99. The first-order valence-electron chi connectivity index (χ1n) is 3.91. The standard InChI is InChI=1S/C8H12N2O2S/c1-6(8-9-3-4-13-8)10-7(11)5-12-2/h3-4,6H,5H2,1-2H3,(H,10,11). The second kappa shape index (κ2) is 4.94. The molecule has 0 saturated heterocycles. The predicted molar refractivity (Wildman–Crippen MR) is 50.5 cm³/mol. The van der Waals surface area contributed by atoms with Gasteiger partial charge in [-0.15, -0.1) is 11.3 Å². The van der Waals surface area contributed by atoms with Crippen LogP contribution >= 0.6 is 11.3 Å². The normalized spacial score (nSPS) is 12.5. The maximum Gasteiger partial charge on any atom is 0.246 e. The van der Waals surface area contributed by atoms with E-state index in [4.69, 9.17) is 4.74 Å². The average Bonchev–Trinajstić information content (AvgIpc) is 2.55. The van der Waals surface area contributed by atoms with E-state index in [9.17, 15) is 4.79 Å². The highest BCUT2D eigenvalue weighted by Crippen LogP contribution is 2.13. The van der Waals surface area contributed by atoms with E-state index in [0.29, 0.717) is 0 Å². The molecule has 1 heterocycles. The number of carbonyl (C=O) groups excluding carboxylic acids is 1. The molecule has 0 saturated carbocycles. The minimum Gasteiger partial charge on any atom is -0.375 e. The Morgan fingerprint density at radius 1 is 1.85 bits per heavy atom. The van der Waals surface area contributed by atoms with Crippen LogP contribution in [-0.2, 0) is 9.53 Å². The smallest absolute Gasteiger partial charge is 0.246 e. The number of thiazole rings is 1. The van der Waals surface area contributed by atoms with Crippen molar-refractivity contribution in [1.82, 2.24) is 10.3 Å². The summed E-state index contributed by atoms with van der Waals surface area (Å²) in [7, 11) is 1.49. The van der Waals surface area contributed by atoms with Gasteiger partial charge in [-0.1, -0.05) is 0 Å². The fraction of sp³-hybridized carbons (Fsp3) is 0.500. The maximum atomic E-state index is 11.1. The fourth-order valence-electron chi connectivity index (χ4n) is 0.924. The van der Waals surface area contributed by atoms with Crippen molar-refractivity contribution in [2.45, 2.75) is 13.0 Å². The van der Waals surface area contributed by atoms with E-state index < -0.39 is 0 Å². The van der Waals surface area contributed by atoms with Crippen LogP contribution in [-0.4, -0.2) is 24.6 Å². The van der Waals surface area contributed by atoms with Gasteiger partial charge in [0.15, 0.2) is 0 Å². The molecule has 4 nitrogen and oxygen atoms in total. The van der Waals surface area contributed by atoms with Crippen LogP contribution < -0.4 is 5.32 Å². The van der Waals surface area contributed by atoms with Crippen LogP contribution in [0.3, 0.4) is 0 Å². The highest BCUT2D eigenvalue weighted by molar-refractivity contribution is 7.09. The molecule has 0 aliphatic heterocycles. The summed E-state index contributed by atoms with van der Waals surface area (Å²) >= 11 is 1.52. The summed E-state index contributed by atoms with van der Waals surface area (Å²) in [5.41, 5.74) is 0. The Morgan fingerprint density at radius 2 is 2.62 bits per heavy atom. The largest absolute Gasteiger partial charge is 0.375 e. The van der Waals surface area contributed by atoms with Gasteiger partial charge < -0.3 is 10.1 Å². The molecular formula is C8H12N2O2S. The Hall–Kier alpha value is -0.940. The van der Waals surface area contributed by atoms with Crippen molar-refractivity contribution in [2.75, 3.05) is 13.7 Å². The Bertz CT molecular complexity index is 261. The van der Waals surface area contributed by atoms with Crippen molar-refractivity contribution in [1.29, 1.82) is 0 Å². The highest BCUT2D eigenvalue weighted by Gasteiger charge is 2.10. The molecule has 1 amide bonds. The molecule has 0 aliphatic carbocycles. The first kappa shape index (κ1) is 10.1. The summed E-state index contributed by atoms with van der Waals surface area (Å²) in [4.78, 5) is 15.2. The summed E-state index contributed by atoms with van der Waals surface area (Å²) in [5.74, 6) is -0.120. The first-order valence-corrected chi connectivity index (χ1v) is 4.79. The molecule has 0 fully saturated rings. The van der Waals surface area contributed by atoms with E-state index in [1.54, 1.807) is 6.20 Å². The number of methoxy groups -OCH3 is 1. The molecular weight excluding hydrogens is 188 g/mol. The van der Waals surface area contributed by atoms with Gasteiger partial charge in [0.1, 0.15) is 11.6 Å². The lowest BCUT2D eigenvalue weighted by atomic mass is 10.3. The van der Waals surface area contributed by atoms with Gasteiger partial charge in [-0.3, -0.25) is 4.79 Å². The van der Waals surface area contributed by atoms with Crippen LogP contribution in [0.1, 0.15) is 18.0 Å². The number of nitrogens with zero attached hydrogens (tertiary/aromatic N) is 1. The van der Waals surface area contributed by atoms with Crippen LogP contribution in [0.2, 0.25) is 0 Å². The number of hydrogen-bond donors (Lipinski definition) is 1. The summed E-state index contributed by atoms with van der Waals surface area (Å²) in [6.07, 6.45) is 1.72. The lowest BCUT2D eigenvalue weighted by Gasteiger charge is -2.09. The molecule has 1 unspecified atom stereocenters. The maximum absolute atomic E-state index is 11.1. The van der Waals surface area contributed by atoms with Crippen molar-refractivity contribution in [3.63, 3.8) is 0 Å². The third-order valence-corrected chi connectivity index (χ3v) is 2.43. The quantitative estimate of drug-likeness (QED) is 0.787. The van der Waals surface area contributed by atoms with Crippen molar-refractivity contribution in [3.05, 3.63) is 16.6 Å². The van der Waals surface area contributed by atoms with Crippen LogP contribution in [0, 0.1) is 0 Å². The fourth-order valence-corrected chi connectivity index (χ4v) is 1.57. The monoisotopic (exact) mass is 200 g/mol. The minimum atomic E-state index is -0.120. The number of hydrogen-bond acceptors (Lipinski definition) is 4. The zero-order valence-corrected chi connectivity index (χ0v) is 8.43. The molecule has 13 heavy (non-hydrogen) atoms. The molecule has 1 rings (SSSR count). The average molecular weight is 200 g/mol. The molecule has 0 bridgehead atoms. The van der Waals surface area contributed by atoms with Crippen LogP contribution in [0.25, 0.3) is 0 Å². The third kappa shape index (κ3) is 3.12. The van der Waals surface area contributed by atoms with E-state index in [1.807, 2.05) is 12.3 Å². The summed E-state index contributed by atoms with van der Waals surface area (Å²) < 4.78 is 4.69. The second-order valence-corrected chi connectivity index (χ2v) is 3.52. The molecule has 72 valence electrons. The zero-order valence-electron chi connectivity index (χ0n) is 7.61. The number of rotatable bonds is 4. The van der Waals surface area contributed by atoms with Gasteiger partial charge in [0, 0.05) is 18.7 Å². The van der Waals surface area contributed by atoms with Crippen LogP contribution in [0.4, 0.5) is 0 Å². The highest BCUT2D eigenvalue weighted by atomic mass is 32.1. The van der Waals surface area contributed by atoms with Gasteiger partial charge in [-0.25, -0.2) is 4.98 Å². The van der Waals surface area contributed by atoms with Crippen molar-refractivity contribution < 1.29 is 9.53 Å². The Labute approximate surface area is 80.9 Å². The molecule has 5 heteroatoms. The summed E-state index contributed by atoms with van der Waals surface area (Å²) in [6, 6.07) is -0.0392. The van der Waals surface area contributed by atoms with E-state index in [2.05, 4.69) is 10.3 Å². The molecule has 0 radical (unpaired) electrons.